The van der Waals surface area contributed by atoms with Gasteiger partial charge in [-0.05, 0) is 50.3 Å². The molecule has 5 heteroatoms. The van der Waals surface area contributed by atoms with Crippen molar-refractivity contribution in [2.45, 2.75) is 127 Å². The van der Waals surface area contributed by atoms with Gasteiger partial charge in [0.2, 0.25) is 0 Å². The highest BCUT2D eigenvalue weighted by atomic mass is 16.1. The number of aromatic nitrogens is 2. The smallest absolute Gasteiger partial charge is 0.254 e. The maximum atomic E-state index is 11.4. The first-order chi connectivity index (χ1) is 20.4. The van der Waals surface area contributed by atoms with Crippen LogP contribution in [0.1, 0.15) is 129 Å². The molecule has 1 aromatic carbocycles. The molecule has 0 radical (unpaired) electrons. The summed E-state index contributed by atoms with van der Waals surface area (Å²) in [5.41, 5.74) is 3.73. The average molecular weight is 583 g/mol. The highest BCUT2D eigenvalue weighted by Crippen LogP contribution is 2.25. The third kappa shape index (κ3) is 16.4. The number of aryl methyl sites for hydroxylation is 1. The summed E-state index contributed by atoms with van der Waals surface area (Å²) in [4.78, 5) is 23.5. The molecule has 0 amide bonds. The van der Waals surface area contributed by atoms with E-state index in [-0.39, 0.29) is 5.56 Å². The Morgan fingerprint density at radius 2 is 1.45 bits per heavy atom. The van der Waals surface area contributed by atoms with Gasteiger partial charge in [-0.25, -0.2) is 4.98 Å². The summed E-state index contributed by atoms with van der Waals surface area (Å²) in [5, 5.41) is 0. The Bertz CT molecular complexity index is 971. The van der Waals surface area contributed by atoms with E-state index in [4.69, 9.17) is 0 Å². The fourth-order valence-electron chi connectivity index (χ4n) is 5.33. The molecule has 0 unspecified atom stereocenters. The summed E-state index contributed by atoms with van der Waals surface area (Å²) in [6, 6.07) is 10.8. The van der Waals surface area contributed by atoms with E-state index in [0.29, 0.717) is 11.4 Å². The third-order valence-corrected chi connectivity index (χ3v) is 7.71. The van der Waals surface area contributed by atoms with E-state index in [1.165, 1.54) is 83.2 Å². The van der Waals surface area contributed by atoms with E-state index < -0.39 is 0 Å². The van der Waals surface area contributed by atoms with Crippen LogP contribution >= 0.6 is 0 Å². The first-order valence-corrected chi connectivity index (χ1v) is 17.1. The zero-order valence-corrected chi connectivity index (χ0v) is 29.0. The molecule has 2 heterocycles. The summed E-state index contributed by atoms with van der Waals surface area (Å²) in [6.45, 7) is 29.4. The normalized spacial score (nSPS) is 15.4. The van der Waals surface area contributed by atoms with E-state index in [9.17, 15) is 4.79 Å². The van der Waals surface area contributed by atoms with E-state index >= 15 is 0 Å². The minimum atomic E-state index is -0.0650. The first kappa shape index (κ1) is 39.8. The van der Waals surface area contributed by atoms with Gasteiger partial charge in [0.1, 0.15) is 5.82 Å². The number of hydrogen-bond donors (Lipinski definition) is 1. The number of nitrogens with one attached hydrogen (secondary N) is 1. The fraction of sp³-hybridized carbons (Fsp3) is 0.676. The van der Waals surface area contributed by atoms with Gasteiger partial charge in [-0.1, -0.05) is 130 Å². The van der Waals surface area contributed by atoms with Gasteiger partial charge in [-0.15, -0.1) is 0 Å². The maximum Gasteiger partial charge on any atom is 0.254 e. The second kappa shape index (κ2) is 25.3. The molecular formula is C37H66N4O. The number of rotatable bonds is 8. The van der Waals surface area contributed by atoms with Crippen LogP contribution in [0.3, 0.4) is 0 Å². The zero-order chi connectivity index (χ0) is 31.8. The van der Waals surface area contributed by atoms with Crippen LogP contribution in [-0.4, -0.2) is 52.5 Å². The van der Waals surface area contributed by atoms with Crippen molar-refractivity contribution in [3.8, 4) is 0 Å². The molecule has 1 saturated heterocycles. The predicted molar refractivity (Wildman–Crippen MR) is 186 cm³/mol. The van der Waals surface area contributed by atoms with Gasteiger partial charge < -0.3 is 9.88 Å². The van der Waals surface area contributed by atoms with Gasteiger partial charge in [-0.2, -0.15) is 0 Å². The molecule has 1 aliphatic carbocycles. The molecule has 2 aromatic rings. The molecule has 42 heavy (non-hydrogen) atoms. The fourth-order valence-corrected chi connectivity index (χ4v) is 5.33. The average Bonchev–Trinajstić information content (AvgIpc) is 3.04. The van der Waals surface area contributed by atoms with Crippen molar-refractivity contribution in [1.82, 2.24) is 19.8 Å². The molecule has 1 N–H and O–H groups in total. The summed E-state index contributed by atoms with van der Waals surface area (Å²) < 4.78 is 0. The zero-order valence-electron chi connectivity index (χ0n) is 29.0. The van der Waals surface area contributed by atoms with Crippen LogP contribution in [0.4, 0.5) is 0 Å². The van der Waals surface area contributed by atoms with Crippen LogP contribution in [0.25, 0.3) is 5.57 Å². The number of benzene rings is 1. The Balaban J connectivity index is 0.000000590. The van der Waals surface area contributed by atoms with E-state index in [1.807, 2.05) is 27.7 Å². The highest BCUT2D eigenvalue weighted by molar-refractivity contribution is 5.62. The molecule has 2 aliphatic rings. The number of H-pyrrole nitrogens is 1. The second-order valence-electron chi connectivity index (χ2n) is 11.0. The lowest BCUT2D eigenvalue weighted by Gasteiger charge is -2.34. The van der Waals surface area contributed by atoms with Crippen molar-refractivity contribution >= 4 is 5.57 Å². The van der Waals surface area contributed by atoms with Crippen LogP contribution in [0.2, 0.25) is 0 Å². The van der Waals surface area contributed by atoms with Crippen molar-refractivity contribution in [3.05, 3.63) is 69.9 Å². The van der Waals surface area contributed by atoms with E-state index in [1.54, 1.807) is 13.8 Å². The Kier molecular flexibility index (Phi) is 23.9. The quantitative estimate of drug-likeness (QED) is 0.337. The van der Waals surface area contributed by atoms with Gasteiger partial charge in [0.05, 0.1) is 5.69 Å². The lowest BCUT2D eigenvalue weighted by molar-refractivity contribution is 0.127. The van der Waals surface area contributed by atoms with Gasteiger partial charge in [-0.3, -0.25) is 9.69 Å². The number of piperazine rings is 1. The topological polar surface area (TPSA) is 52.2 Å². The van der Waals surface area contributed by atoms with Gasteiger partial charge in [0.15, 0.2) is 0 Å². The Morgan fingerprint density at radius 3 is 1.95 bits per heavy atom. The minimum absolute atomic E-state index is 0.0650. The monoisotopic (exact) mass is 583 g/mol. The molecule has 0 atom stereocenters. The molecule has 2 fully saturated rings. The van der Waals surface area contributed by atoms with Gasteiger partial charge in [0.25, 0.3) is 5.56 Å². The predicted octanol–water partition coefficient (Wildman–Crippen LogP) is 9.44. The summed E-state index contributed by atoms with van der Waals surface area (Å²) in [7, 11) is 0. The Morgan fingerprint density at radius 1 is 0.881 bits per heavy atom. The number of nitrogens with zero attached hydrogens (tertiary/aromatic N) is 3. The Labute approximate surface area is 260 Å². The third-order valence-electron chi connectivity index (χ3n) is 7.71. The summed E-state index contributed by atoms with van der Waals surface area (Å²) in [5.74, 6) is 1.73. The first-order valence-electron chi connectivity index (χ1n) is 17.1. The Hall–Kier alpha value is -2.24. The van der Waals surface area contributed by atoms with E-state index in [0.717, 1.165) is 36.6 Å². The molecule has 0 spiro atoms. The van der Waals surface area contributed by atoms with Gasteiger partial charge >= 0.3 is 0 Å². The highest BCUT2D eigenvalue weighted by Gasteiger charge is 2.15. The summed E-state index contributed by atoms with van der Waals surface area (Å²) in [6.07, 6.45) is 12.1. The van der Waals surface area contributed by atoms with Crippen LogP contribution in [0, 0.1) is 19.8 Å². The lowest BCUT2D eigenvalue weighted by Crippen LogP contribution is -2.45. The molecule has 0 bridgehead atoms. The van der Waals surface area contributed by atoms with Crippen molar-refractivity contribution < 1.29 is 0 Å². The van der Waals surface area contributed by atoms with Crippen LogP contribution in [0.15, 0.2) is 41.7 Å². The molecule has 4 rings (SSSR count). The molecule has 5 nitrogen and oxygen atoms in total. The number of hydrogen-bond acceptors (Lipinski definition) is 4. The van der Waals surface area contributed by atoms with Crippen LogP contribution < -0.4 is 5.56 Å². The van der Waals surface area contributed by atoms with Crippen molar-refractivity contribution in [1.29, 1.82) is 0 Å². The SMILES string of the molecule is C=C(CCC)c1nc(C)[nH]c(=O)c1C.CC.CC.CCC1CCCCC1.CCCN1CCN(Cc2ccccc2)CC1. The van der Waals surface area contributed by atoms with E-state index in [2.05, 4.69) is 77.4 Å². The van der Waals surface area contributed by atoms with Crippen LogP contribution in [0.5, 0.6) is 0 Å². The number of aromatic amines is 1. The van der Waals surface area contributed by atoms with Crippen LogP contribution in [-0.2, 0) is 6.54 Å². The molecular weight excluding hydrogens is 516 g/mol. The van der Waals surface area contributed by atoms with Crippen molar-refractivity contribution in [2.24, 2.45) is 5.92 Å². The largest absolute Gasteiger partial charge is 0.311 e. The van der Waals surface area contributed by atoms with Gasteiger partial charge in [0, 0.05) is 38.3 Å². The lowest BCUT2D eigenvalue weighted by atomic mass is 9.88. The molecule has 1 aliphatic heterocycles. The van der Waals surface area contributed by atoms with Crippen molar-refractivity contribution in [2.75, 3.05) is 32.7 Å². The van der Waals surface area contributed by atoms with Crippen molar-refractivity contribution in [3.63, 3.8) is 0 Å². The second-order valence-corrected chi connectivity index (χ2v) is 11.0. The summed E-state index contributed by atoms with van der Waals surface area (Å²) >= 11 is 0. The molecule has 240 valence electrons. The molecule has 1 aromatic heterocycles. The minimum Gasteiger partial charge on any atom is -0.311 e. The molecule has 1 saturated carbocycles. The standard InChI is InChI=1S/C14H22N2.C11H16N2O.C8H16.2C2H6/c1-2-8-15-9-11-16(12-10-15)13-14-6-4-3-5-7-14;1-5-6-7(2)10-8(3)11(14)13-9(4)12-10;1-2-8-6-4-3-5-7-8;2*1-2/h3-7H,2,8-13H2,1H3;2,5-6H2,1,3-4H3,(H,12,13,14);8H,2-7H2,1H3;2*1-2H3. The number of allylic oxidation sites excluding steroid dienone is 1. The maximum absolute atomic E-state index is 11.4.